The summed E-state index contributed by atoms with van der Waals surface area (Å²) in [6.07, 6.45) is 1.37. The topological polar surface area (TPSA) is 98.4 Å². The van der Waals surface area contributed by atoms with Gasteiger partial charge in [-0.2, -0.15) is 5.26 Å². The molecule has 0 amide bonds. The van der Waals surface area contributed by atoms with E-state index in [1.807, 2.05) is 32.0 Å². The van der Waals surface area contributed by atoms with Gasteiger partial charge >= 0.3 is 11.9 Å². The zero-order chi connectivity index (χ0) is 28.1. The van der Waals surface area contributed by atoms with Crippen LogP contribution in [0.25, 0.3) is 11.8 Å². The van der Waals surface area contributed by atoms with E-state index in [1.165, 1.54) is 0 Å². The number of esters is 2. The second-order valence-electron chi connectivity index (χ2n) is 8.97. The summed E-state index contributed by atoms with van der Waals surface area (Å²) in [5.74, 6) is -1.62. The van der Waals surface area contributed by atoms with Crippen LogP contribution in [0, 0.1) is 45.9 Å². The van der Waals surface area contributed by atoms with Gasteiger partial charge in [-0.25, -0.2) is 9.59 Å². The molecule has 7 nitrogen and oxygen atoms in total. The summed E-state index contributed by atoms with van der Waals surface area (Å²) in [6, 6.07) is 10.1. The molecule has 0 aliphatic carbocycles. The molecule has 0 fully saturated rings. The molecule has 0 radical (unpaired) electrons. The van der Waals surface area contributed by atoms with E-state index >= 15 is 0 Å². The Morgan fingerprint density at radius 2 is 1.61 bits per heavy atom. The Labute approximate surface area is 227 Å². The van der Waals surface area contributed by atoms with E-state index in [0.29, 0.717) is 10.4 Å². The molecule has 2 aromatic heterocycles. The molecule has 0 saturated heterocycles. The molecule has 0 unspecified atom stereocenters. The molecule has 3 aromatic rings. The van der Waals surface area contributed by atoms with E-state index in [9.17, 15) is 19.6 Å². The first-order chi connectivity index (χ1) is 18.0. The van der Waals surface area contributed by atoms with Crippen LogP contribution in [0.15, 0.2) is 29.8 Å². The maximum atomic E-state index is 13.3. The number of rotatable bonds is 9. The highest BCUT2D eigenvalue weighted by atomic mass is 32.1. The molecule has 198 valence electrons. The van der Waals surface area contributed by atoms with Gasteiger partial charge in [-0.3, -0.25) is 4.79 Å². The van der Waals surface area contributed by atoms with Crippen LogP contribution >= 0.6 is 11.3 Å². The number of hydrogen-bond donors (Lipinski definition) is 0. The maximum absolute atomic E-state index is 13.3. The summed E-state index contributed by atoms with van der Waals surface area (Å²) in [4.78, 5) is 39.1. The number of allylic oxidation sites excluding steroid dienone is 1. The first-order valence-corrected chi connectivity index (χ1v) is 13.2. The van der Waals surface area contributed by atoms with Crippen molar-refractivity contribution in [3.63, 3.8) is 0 Å². The molecule has 1 aromatic carbocycles. The molecule has 3 rings (SSSR count). The summed E-state index contributed by atoms with van der Waals surface area (Å²) in [5.41, 5.74) is 6.52. The lowest BCUT2D eigenvalue weighted by molar-refractivity contribution is -0.114. The average Bonchev–Trinajstić information content (AvgIpc) is 3.33. The van der Waals surface area contributed by atoms with E-state index in [-0.39, 0.29) is 35.6 Å². The van der Waals surface area contributed by atoms with Crippen LogP contribution in [0.1, 0.15) is 72.4 Å². The number of nitrogens with zero attached hydrogens (tertiary/aromatic N) is 2. The largest absolute Gasteiger partial charge is 0.462 e. The molecule has 38 heavy (non-hydrogen) atoms. The third-order valence-electron chi connectivity index (χ3n) is 6.34. The highest BCUT2D eigenvalue weighted by Gasteiger charge is 2.28. The van der Waals surface area contributed by atoms with Gasteiger partial charge in [0.15, 0.2) is 5.78 Å². The van der Waals surface area contributed by atoms with Gasteiger partial charge in [0.2, 0.25) is 0 Å². The van der Waals surface area contributed by atoms with Crippen molar-refractivity contribution in [2.24, 2.45) is 0 Å². The fourth-order valence-electron chi connectivity index (χ4n) is 4.57. The predicted molar refractivity (Wildman–Crippen MR) is 148 cm³/mol. The highest BCUT2D eigenvalue weighted by molar-refractivity contribution is 7.14. The Morgan fingerprint density at radius 1 is 1.00 bits per heavy atom. The number of para-hydroxylation sites is 1. The number of benzene rings is 1. The van der Waals surface area contributed by atoms with Crippen molar-refractivity contribution in [3.05, 3.63) is 78.8 Å². The highest BCUT2D eigenvalue weighted by Crippen LogP contribution is 2.32. The lowest BCUT2D eigenvalue weighted by Crippen LogP contribution is -2.12. The fourth-order valence-corrected chi connectivity index (χ4v) is 5.75. The number of carbonyl (C=O) groups is 3. The third kappa shape index (κ3) is 5.63. The number of aromatic nitrogens is 1. The number of Topliss-reactive ketones (excluding diaryl/α,β-unsaturated/α-hetero) is 1. The van der Waals surface area contributed by atoms with Crippen molar-refractivity contribution in [1.82, 2.24) is 4.57 Å². The Morgan fingerprint density at radius 3 is 2.18 bits per heavy atom. The first kappa shape index (κ1) is 28.6. The van der Waals surface area contributed by atoms with E-state index in [1.54, 1.807) is 26.8 Å². The van der Waals surface area contributed by atoms with Gasteiger partial charge in [-0.1, -0.05) is 18.2 Å². The predicted octanol–water partition coefficient (Wildman–Crippen LogP) is 6.15. The van der Waals surface area contributed by atoms with Gasteiger partial charge in [0.25, 0.3) is 0 Å². The zero-order valence-corrected chi connectivity index (χ0v) is 23.7. The van der Waals surface area contributed by atoms with E-state index in [0.717, 1.165) is 45.1 Å². The molecular weight excluding hydrogens is 500 g/mol. The first-order valence-electron chi connectivity index (χ1n) is 12.4. The number of hydrogen-bond acceptors (Lipinski definition) is 7. The van der Waals surface area contributed by atoms with Crippen molar-refractivity contribution in [2.75, 3.05) is 13.2 Å². The van der Waals surface area contributed by atoms with Gasteiger partial charge in [0, 0.05) is 22.7 Å². The molecule has 2 heterocycles. The number of nitriles is 1. The minimum absolute atomic E-state index is 0.0368. The van der Waals surface area contributed by atoms with Gasteiger partial charge in [-0.15, -0.1) is 11.3 Å². The van der Waals surface area contributed by atoms with E-state index in [2.05, 4.69) is 30.5 Å². The number of aryl methyl sites for hydroxylation is 3. The fraction of sp³-hybridized carbons (Fsp3) is 0.333. The average molecular weight is 533 g/mol. The van der Waals surface area contributed by atoms with Crippen LogP contribution in [-0.2, 0) is 20.7 Å². The minimum atomic E-state index is -0.612. The smallest absolute Gasteiger partial charge is 0.348 e. The number of thiophene rings is 1. The summed E-state index contributed by atoms with van der Waals surface area (Å²) < 4.78 is 12.4. The Hall–Kier alpha value is -3.96. The van der Waals surface area contributed by atoms with Crippen LogP contribution in [0.3, 0.4) is 0 Å². The van der Waals surface area contributed by atoms with Crippen LogP contribution in [0.5, 0.6) is 0 Å². The molecular formula is C30H32N2O5S. The third-order valence-corrected chi connectivity index (χ3v) is 7.61. The zero-order valence-electron chi connectivity index (χ0n) is 22.9. The van der Waals surface area contributed by atoms with Crippen molar-refractivity contribution in [2.45, 2.75) is 54.9 Å². The number of ketones is 1. The van der Waals surface area contributed by atoms with Crippen molar-refractivity contribution in [3.8, 4) is 11.8 Å². The van der Waals surface area contributed by atoms with Crippen molar-refractivity contribution < 1.29 is 23.9 Å². The van der Waals surface area contributed by atoms with Crippen LogP contribution in [-0.4, -0.2) is 35.5 Å². The van der Waals surface area contributed by atoms with Crippen molar-refractivity contribution in [1.29, 1.82) is 5.26 Å². The number of ether oxygens (including phenoxy) is 2. The quantitative estimate of drug-likeness (QED) is 0.186. The molecule has 0 spiro atoms. The summed E-state index contributed by atoms with van der Waals surface area (Å²) in [5, 5.41) is 9.88. The Bertz CT molecular complexity index is 1460. The standard InChI is InChI=1S/C30H32N2O5S/c1-8-36-29(34)26-20(6)28(30(35)37-9-2)38-25(26)15-24(33)23(16-31)14-22-13-19(5)32(21(22)7)27-17(3)11-10-12-18(27)4/h10-14H,8-9,15H2,1-7H3/b23-14+. The van der Waals surface area contributed by atoms with Gasteiger partial charge < -0.3 is 14.0 Å². The lowest BCUT2D eigenvalue weighted by atomic mass is 10.0. The molecule has 0 saturated carbocycles. The van der Waals surface area contributed by atoms with Crippen LogP contribution in [0.4, 0.5) is 0 Å². The monoisotopic (exact) mass is 532 g/mol. The molecule has 0 aliphatic heterocycles. The minimum Gasteiger partial charge on any atom is -0.462 e. The Kier molecular flexibility index (Phi) is 9.08. The van der Waals surface area contributed by atoms with Gasteiger partial charge in [0.1, 0.15) is 10.9 Å². The molecule has 0 N–H and O–H groups in total. The molecule has 8 heteroatoms. The van der Waals surface area contributed by atoms with Crippen LogP contribution in [0.2, 0.25) is 0 Å². The molecule has 0 atom stereocenters. The van der Waals surface area contributed by atoms with Gasteiger partial charge in [-0.05, 0) is 82.9 Å². The molecule has 0 bridgehead atoms. The second-order valence-corrected chi connectivity index (χ2v) is 10.1. The number of carbonyl (C=O) groups excluding carboxylic acids is 3. The summed E-state index contributed by atoms with van der Waals surface area (Å²) in [6.45, 7) is 13.4. The second kappa shape index (κ2) is 12.1. The lowest BCUT2D eigenvalue weighted by Gasteiger charge is -2.15. The summed E-state index contributed by atoms with van der Waals surface area (Å²) >= 11 is 1.02. The van der Waals surface area contributed by atoms with E-state index in [4.69, 9.17) is 9.47 Å². The Balaban J connectivity index is 2.02. The molecule has 0 aliphatic rings. The van der Waals surface area contributed by atoms with Gasteiger partial charge in [0.05, 0.1) is 30.0 Å². The normalized spacial score (nSPS) is 11.3. The van der Waals surface area contributed by atoms with E-state index < -0.39 is 17.7 Å². The maximum Gasteiger partial charge on any atom is 0.348 e. The van der Waals surface area contributed by atoms with Crippen LogP contribution < -0.4 is 0 Å². The summed E-state index contributed by atoms with van der Waals surface area (Å²) in [7, 11) is 0. The van der Waals surface area contributed by atoms with Crippen molar-refractivity contribution >= 4 is 35.1 Å². The SMILES string of the molecule is CCOC(=O)c1sc(CC(=O)/C(C#N)=C/c2cc(C)n(-c3c(C)cccc3C)c2C)c(C(=O)OCC)c1C.